The molecule has 4 aromatic rings. The topological polar surface area (TPSA) is 54.4 Å². The molecular weight excluding hydrogens is 405 g/mol. The van der Waals surface area contributed by atoms with Crippen LogP contribution in [0.5, 0.6) is 11.6 Å². The summed E-state index contributed by atoms with van der Waals surface area (Å²) in [4.78, 5) is 17.6. The first kappa shape index (κ1) is 20.3. The minimum absolute atomic E-state index is 0.202. The summed E-state index contributed by atoms with van der Waals surface area (Å²) in [5.74, 6) is 1.88. The van der Waals surface area contributed by atoms with Crippen molar-refractivity contribution in [2.75, 3.05) is 31.1 Å². The van der Waals surface area contributed by atoms with Crippen LogP contribution in [0.15, 0.2) is 73.3 Å². The minimum atomic E-state index is -0.202. The largest absolute Gasteiger partial charge is 0.438 e. The second-order valence-electron chi connectivity index (χ2n) is 7.92. The predicted octanol–water partition coefficient (Wildman–Crippen LogP) is 4.84. The number of piperazine rings is 1. The Kier molecular flexibility index (Phi) is 5.64. The van der Waals surface area contributed by atoms with Gasteiger partial charge in [0.15, 0.2) is 0 Å². The number of pyridine rings is 1. The summed E-state index contributed by atoms with van der Waals surface area (Å²) in [5, 5.41) is 2.01. The number of hydrogen-bond acceptors (Lipinski definition) is 6. The van der Waals surface area contributed by atoms with E-state index in [2.05, 4.69) is 31.7 Å². The van der Waals surface area contributed by atoms with Gasteiger partial charge in [0.1, 0.15) is 23.7 Å². The molecule has 6 nitrogen and oxygen atoms in total. The molecule has 0 amide bonds. The first-order valence-electron chi connectivity index (χ1n) is 10.7. The second kappa shape index (κ2) is 8.88. The van der Waals surface area contributed by atoms with E-state index in [1.165, 1.54) is 12.1 Å². The summed E-state index contributed by atoms with van der Waals surface area (Å²) in [5.41, 5.74) is 1.13. The molecule has 162 valence electrons. The molecular formula is C25H24FN5O. The molecule has 0 saturated carbocycles. The van der Waals surface area contributed by atoms with Crippen LogP contribution in [0, 0.1) is 5.82 Å². The average molecular weight is 429 g/mol. The zero-order valence-electron chi connectivity index (χ0n) is 17.9. The number of benzene rings is 2. The highest BCUT2D eigenvalue weighted by Gasteiger charge is 2.23. The quantitative estimate of drug-likeness (QED) is 0.453. The van der Waals surface area contributed by atoms with Gasteiger partial charge in [-0.05, 0) is 42.1 Å². The third kappa shape index (κ3) is 4.24. The number of aromatic nitrogens is 3. The third-order valence-electron chi connectivity index (χ3n) is 6.02. The van der Waals surface area contributed by atoms with Gasteiger partial charge in [0.2, 0.25) is 5.88 Å². The van der Waals surface area contributed by atoms with E-state index in [1.807, 2.05) is 42.5 Å². The lowest BCUT2D eigenvalue weighted by atomic mass is 10.1. The molecule has 0 radical (unpaired) electrons. The summed E-state index contributed by atoms with van der Waals surface area (Å²) < 4.78 is 19.3. The molecule has 0 spiro atoms. The van der Waals surface area contributed by atoms with Gasteiger partial charge < -0.3 is 9.64 Å². The smallest absolute Gasteiger partial charge is 0.224 e. The number of nitrogens with zero attached hydrogens (tertiary/aromatic N) is 5. The Labute approximate surface area is 186 Å². The van der Waals surface area contributed by atoms with Gasteiger partial charge in [0, 0.05) is 56.1 Å². The van der Waals surface area contributed by atoms with Crippen molar-refractivity contribution in [3.8, 4) is 11.6 Å². The Balaban J connectivity index is 1.27. The standard InChI is InChI=1S/C25H24FN5O/c1-18(19-5-7-21(26)8-6-19)30-11-13-31(14-12-30)24-15-25(29-17-28-24)32-23-4-2-3-20-9-10-27-16-22(20)23/h2-10,15-18H,11-14H2,1H3/t18-/m0/s1. The van der Waals surface area contributed by atoms with Crippen LogP contribution in [0.25, 0.3) is 10.8 Å². The minimum Gasteiger partial charge on any atom is -0.438 e. The third-order valence-corrected chi connectivity index (χ3v) is 6.02. The zero-order chi connectivity index (χ0) is 21.9. The Morgan fingerprint density at radius 1 is 0.969 bits per heavy atom. The molecule has 5 rings (SSSR count). The van der Waals surface area contributed by atoms with E-state index < -0.39 is 0 Å². The second-order valence-corrected chi connectivity index (χ2v) is 7.92. The summed E-state index contributed by atoms with van der Waals surface area (Å²) >= 11 is 0. The molecule has 2 aromatic heterocycles. The number of ether oxygens (including phenoxy) is 1. The number of fused-ring (bicyclic) bond motifs is 1. The molecule has 1 fully saturated rings. The lowest BCUT2D eigenvalue weighted by Crippen LogP contribution is -2.47. The van der Waals surface area contributed by atoms with Gasteiger partial charge in [-0.15, -0.1) is 0 Å². The zero-order valence-corrected chi connectivity index (χ0v) is 17.9. The number of halogens is 1. The van der Waals surface area contributed by atoms with Crippen LogP contribution in [0.3, 0.4) is 0 Å². The van der Waals surface area contributed by atoms with Crippen molar-refractivity contribution in [1.82, 2.24) is 19.9 Å². The number of rotatable bonds is 5. The number of hydrogen-bond donors (Lipinski definition) is 0. The van der Waals surface area contributed by atoms with Crippen molar-refractivity contribution >= 4 is 16.6 Å². The van der Waals surface area contributed by atoms with Crippen LogP contribution in [0.2, 0.25) is 0 Å². The fourth-order valence-corrected chi connectivity index (χ4v) is 4.14. The van der Waals surface area contributed by atoms with Crippen molar-refractivity contribution in [3.05, 3.63) is 84.7 Å². The van der Waals surface area contributed by atoms with E-state index in [-0.39, 0.29) is 11.9 Å². The van der Waals surface area contributed by atoms with Gasteiger partial charge in [0.05, 0.1) is 0 Å². The van der Waals surface area contributed by atoms with Gasteiger partial charge >= 0.3 is 0 Å². The van der Waals surface area contributed by atoms with Crippen LogP contribution >= 0.6 is 0 Å². The van der Waals surface area contributed by atoms with Crippen molar-refractivity contribution in [2.24, 2.45) is 0 Å². The van der Waals surface area contributed by atoms with E-state index in [9.17, 15) is 4.39 Å². The fourth-order valence-electron chi connectivity index (χ4n) is 4.14. The van der Waals surface area contributed by atoms with E-state index in [1.54, 1.807) is 18.7 Å². The Hall–Kier alpha value is -3.58. The molecule has 7 heteroatoms. The maximum atomic E-state index is 13.2. The van der Waals surface area contributed by atoms with Gasteiger partial charge in [-0.3, -0.25) is 9.88 Å². The molecule has 1 aliphatic rings. The Morgan fingerprint density at radius 3 is 2.59 bits per heavy atom. The highest BCUT2D eigenvalue weighted by molar-refractivity contribution is 5.87. The van der Waals surface area contributed by atoms with Crippen LogP contribution < -0.4 is 9.64 Å². The molecule has 2 aromatic carbocycles. The normalized spacial score (nSPS) is 15.6. The summed E-state index contributed by atoms with van der Waals surface area (Å²) in [6.07, 6.45) is 5.11. The maximum absolute atomic E-state index is 13.2. The average Bonchev–Trinajstić information content (AvgIpc) is 2.85. The predicted molar refractivity (Wildman–Crippen MR) is 122 cm³/mol. The molecule has 32 heavy (non-hydrogen) atoms. The van der Waals surface area contributed by atoms with Crippen LogP contribution in [-0.2, 0) is 0 Å². The SMILES string of the molecule is C[C@@H](c1ccc(F)cc1)N1CCN(c2cc(Oc3cccc4ccncc34)ncn2)CC1. The Bertz CT molecular complexity index is 1200. The first-order valence-corrected chi connectivity index (χ1v) is 10.7. The van der Waals surface area contributed by atoms with E-state index in [4.69, 9.17) is 4.74 Å². The van der Waals surface area contributed by atoms with Crippen LogP contribution in [0.1, 0.15) is 18.5 Å². The molecule has 0 bridgehead atoms. The van der Waals surface area contributed by atoms with Crippen molar-refractivity contribution in [3.63, 3.8) is 0 Å². The summed E-state index contributed by atoms with van der Waals surface area (Å²) in [6, 6.07) is 16.8. The molecule has 0 N–H and O–H groups in total. The van der Waals surface area contributed by atoms with Crippen LogP contribution in [0.4, 0.5) is 10.2 Å². The molecule has 1 aliphatic heterocycles. The number of anilines is 1. The van der Waals surface area contributed by atoms with E-state index in [0.29, 0.717) is 5.88 Å². The highest BCUT2D eigenvalue weighted by atomic mass is 19.1. The van der Waals surface area contributed by atoms with Gasteiger partial charge in [-0.1, -0.05) is 24.3 Å². The molecule has 1 saturated heterocycles. The first-order chi connectivity index (χ1) is 15.7. The highest BCUT2D eigenvalue weighted by Crippen LogP contribution is 2.30. The summed E-state index contributed by atoms with van der Waals surface area (Å²) in [7, 11) is 0. The maximum Gasteiger partial charge on any atom is 0.224 e. The van der Waals surface area contributed by atoms with Crippen molar-refractivity contribution in [2.45, 2.75) is 13.0 Å². The Morgan fingerprint density at radius 2 is 1.78 bits per heavy atom. The lowest BCUT2D eigenvalue weighted by molar-refractivity contribution is 0.198. The molecule has 1 atom stereocenters. The van der Waals surface area contributed by atoms with E-state index in [0.717, 1.165) is 54.1 Å². The molecule has 3 heterocycles. The van der Waals surface area contributed by atoms with Crippen molar-refractivity contribution < 1.29 is 9.13 Å². The van der Waals surface area contributed by atoms with Crippen LogP contribution in [-0.4, -0.2) is 46.0 Å². The lowest BCUT2D eigenvalue weighted by Gasteiger charge is -2.38. The molecule has 0 unspecified atom stereocenters. The van der Waals surface area contributed by atoms with E-state index >= 15 is 0 Å². The fraction of sp³-hybridized carbons (Fsp3) is 0.240. The molecule has 0 aliphatic carbocycles. The van der Waals surface area contributed by atoms with Gasteiger partial charge in [0.25, 0.3) is 0 Å². The van der Waals surface area contributed by atoms with Gasteiger partial charge in [-0.2, -0.15) is 0 Å². The monoisotopic (exact) mass is 429 g/mol. The van der Waals surface area contributed by atoms with Gasteiger partial charge in [-0.25, -0.2) is 14.4 Å². The summed E-state index contributed by atoms with van der Waals surface area (Å²) in [6.45, 7) is 5.65. The van der Waals surface area contributed by atoms with Crippen molar-refractivity contribution in [1.29, 1.82) is 0 Å².